The van der Waals surface area contributed by atoms with Gasteiger partial charge in [-0.15, -0.1) is 0 Å². The third-order valence-electron chi connectivity index (χ3n) is 5.76. The van der Waals surface area contributed by atoms with Crippen molar-refractivity contribution in [1.82, 2.24) is 15.0 Å². The first kappa shape index (κ1) is 19.3. The van der Waals surface area contributed by atoms with Gasteiger partial charge in [0, 0.05) is 30.8 Å². The molecule has 6 heteroatoms. The van der Waals surface area contributed by atoms with Crippen LogP contribution in [0.1, 0.15) is 83.9 Å². The summed E-state index contributed by atoms with van der Waals surface area (Å²) in [5.74, 6) is 2.04. The fraction of sp³-hybridized carbons (Fsp3) is 0.850. The van der Waals surface area contributed by atoms with E-state index in [1.54, 1.807) is 0 Å². The molecule has 1 N–H and O–H groups in total. The molecule has 146 valence electrons. The van der Waals surface area contributed by atoms with Crippen molar-refractivity contribution in [3.05, 3.63) is 11.7 Å². The van der Waals surface area contributed by atoms with Crippen LogP contribution in [0, 0.1) is 5.92 Å². The van der Waals surface area contributed by atoms with Gasteiger partial charge >= 0.3 is 0 Å². The summed E-state index contributed by atoms with van der Waals surface area (Å²) in [5.41, 5.74) is -0.128. The normalized spacial score (nSPS) is 25.0. The zero-order valence-electron chi connectivity index (χ0n) is 16.4. The lowest BCUT2D eigenvalue weighted by Crippen LogP contribution is -2.40. The van der Waals surface area contributed by atoms with Crippen molar-refractivity contribution in [2.45, 2.75) is 96.1 Å². The first-order valence-electron chi connectivity index (χ1n) is 10.1. The summed E-state index contributed by atoms with van der Waals surface area (Å²) in [7, 11) is 0. The number of rotatable bonds is 5. The summed E-state index contributed by atoms with van der Waals surface area (Å²) in [6, 6.07) is 0.230. The Labute approximate surface area is 156 Å². The topological polar surface area (TPSA) is 79.5 Å². The number of aliphatic hydroxyl groups is 1. The van der Waals surface area contributed by atoms with Crippen molar-refractivity contribution in [3.8, 4) is 0 Å². The minimum Gasteiger partial charge on any atom is -0.391 e. The Morgan fingerprint density at radius 3 is 2.65 bits per heavy atom. The van der Waals surface area contributed by atoms with Gasteiger partial charge in [0.25, 0.3) is 0 Å². The number of aryl methyl sites for hydroxylation is 1. The highest BCUT2D eigenvalue weighted by Crippen LogP contribution is 2.34. The second kappa shape index (κ2) is 8.07. The molecule has 26 heavy (non-hydrogen) atoms. The van der Waals surface area contributed by atoms with Crippen LogP contribution in [0.25, 0.3) is 0 Å². The number of hydrogen-bond donors (Lipinski definition) is 1. The fourth-order valence-corrected chi connectivity index (χ4v) is 4.29. The Hall–Kier alpha value is -1.43. The van der Waals surface area contributed by atoms with Gasteiger partial charge in [0.15, 0.2) is 5.82 Å². The molecule has 1 aliphatic carbocycles. The highest BCUT2D eigenvalue weighted by molar-refractivity contribution is 5.77. The smallest absolute Gasteiger partial charge is 0.226 e. The molecule has 1 saturated carbocycles. The third kappa shape index (κ3) is 4.64. The van der Waals surface area contributed by atoms with E-state index in [1.165, 1.54) is 32.1 Å². The highest BCUT2D eigenvalue weighted by Gasteiger charge is 2.38. The minimum absolute atomic E-state index is 0.128. The molecular formula is C20H33N3O3. The molecule has 1 aromatic heterocycles. The number of nitrogens with zero attached hydrogens (tertiary/aromatic N) is 3. The molecule has 2 heterocycles. The molecule has 0 bridgehead atoms. The third-order valence-corrected chi connectivity index (χ3v) is 5.76. The van der Waals surface area contributed by atoms with Gasteiger partial charge in [-0.05, 0) is 31.6 Å². The first-order chi connectivity index (χ1) is 12.3. The van der Waals surface area contributed by atoms with Gasteiger partial charge in [-0.25, -0.2) is 0 Å². The Morgan fingerprint density at radius 1 is 1.27 bits per heavy atom. The molecule has 2 fully saturated rings. The van der Waals surface area contributed by atoms with Crippen LogP contribution in [0.3, 0.4) is 0 Å². The van der Waals surface area contributed by atoms with Gasteiger partial charge in [0.05, 0.1) is 6.10 Å². The van der Waals surface area contributed by atoms with Crippen LogP contribution in [0.5, 0.6) is 0 Å². The lowest BCUT2D eigenvalue weighted by molar-refractivity contribution is -0.133. The van der Waals surface area contributed by atoms with Crippen molar-refractivity contribution in [3.63, 3.8) is 0 Å². The van der Waals surface area contributed by atoms with Crippen LogP contribution in [0.15, 0.2) is 4.52 Å². The SMILES string of the molecule is CC(C)(C)c1noc(CCCC(=O)N2CC(O)CC2C2CCCCC2)n1. The lowest BCUT2D eigenvalue weighted by atomic mass is 9.82. The van der Waals surface area contributed by atoms with E-state index in [-0.39, 0.29) is 23.5 Å². The number of carbonyl (C=O) groups excluding carboxylic acids is 1. The van der Waals surface area contributed by atoms with Crippen molar-refractivity contribution >= 4 is 5.91 Å². The van der Waals surface area contributed by atoms with Crippen molar-refractivity contribution in [1.29, 1.82) is 0 Å². The molecule has 2 aliphatic rings. The Morgan fingerprint density at radius 2 is 2.00 bits per heavy atom. The number of aromatic nitrogens is 2. The van der Waals surface area contributed by atoms with Crippen LogP contribution >= 0.6 is 0 Å². The van der Waals surface area contributed by atoms with Gasteiger partial charge < -0.3 is 14.5 Å². The van der Waals surface area contributed by atoms with Crippen LogP contribution in [0.4, 0.5) is 0 Å². The van der Waals surface area contributed by atoms with Gasteiger partial charge in [-0.3, -0.25) is 4.79 Å². The second-order valence-corrected chi connectivity index (χ2v) is 9.02. The number of hydrogen-bond acceptors (Lipinski definition) is 5. The molecule has 0 radical (unpaired) electrons. The summed E-state index contributed by atoms with van der Waals surface area (Å²) in [5, 5.41) is 14.1. The van der Waals surface area contributed by atoms with E-state index in [0.29, 0.717) is 43.4 Å². The molecule has 1 amide bonds. The first-order valence-corrected chi connectivity index (χ1v) is 10.1. The van der Waals surface area contributed by atoms with Crippen molar-refractivity contribution in [2.75, 3.05) is 6.54 Å². The number of β-amino-alcohol motifs (C(OH)–C–C–N with tert-alkyl or cyclic N) is 1. The van der Waals surface area contributed by atoms with Gasteiger partial charge in [0.1, 0.15) is 0 Å². The maximum absolute atomic E-state index is 12.7. The number of likely N-dealkylation sites (tertiary alicyclic amines) is 1. The van der Waals surface area contributed by atoms with E-state index in [4.69, 9.17) is 4.52 Å². The van der Waals surface area contributed by atoms with Gasteiger partial charge in [-0.2, -0.15) is 4.98 Å². The summed E-state index contributed by atoms with van der Waals surface area (Å²) in [6.45, 7) is 6.65. The van der Waals surface area contributed by atoms with E-state index >= 15 is 0 Å². The molecule has 0 aromatic carbocycles. The van der Waals surface area contributed by atoms with Crippen molar-refractivity contribution in [2.24, 2.45) is 5.92 Å². The highest BCUT2D eigenvalue weighted by atomic mass is 16.5. The molecule has 1 aliphatic heterocycles. The maximum Gasteiger partial charge on any atom is 0.226 e. The molecule has 6 nitrogen and oxygen atoms in total. The number of carbonyl (C=O) groups is 1. The predicted molar refractivity (Wildman–Crippen MR) is 98.6 cm³/mol. The molecule has 2 unspecified atom stereocenters. The molecule has 3 rings (SSSR count). The lowest BCUT2D eigenvalue weighted by Gasteiger charge is -2.33. The van der Waals surface area contributed by atoms with Crippen LogP contribution in [0.2, 0.25) is 0 Å². The van der Waals surface area contributed by atoms with E-state index < -0.39 is 0 Å². The summed E-state index contributed by atoms with van der Waals surface area (Å²) in [6.07, 6.45) is 8.39. The summed E-state index contributed by atoms with van der Waals surface area (Å²) >= 11 is 0. The monoisotopic (exact) mass is 363 g/mol. The maximum atomic E-state index is 12.7. The minimum atomic E-state index is -0.365. The van der Waals surface area contributed by atoms with Crippen molar-refractivity contribution < 1.29 is 14.4 Å². The number of amides is 1. The average Bonchev–Trinajstić information content (AvgIpc) is 3.22. The molecular weight excluding hydrogens is 330 g/mol. The molecule has 1 aromatic rings. The summed E-state index contributed by atoms with van der Waals surface area (Å²) < 4.78 is 5.31. The zero-order valence-corrected chi connectivity index (χ0v) is 16.4. The molecule has 1 saturated heterocycles. The zero-order chi connectivity index (χ0) is 18.7. The Bertz CT molecular complexity index is 602. The van der Waals surface area contributed by atoms with Gasteiger partial charge in [-0.1, -0.05) is 45.2 Å². The summed E-state index contributed by atoms with van der Waals surface area (Å²) in [4.78, 5) is 19.1. The quantitative estimate of drug-likeness (QED) is 0.869. The average molecular weight is 364 g/mol. The fourth-order valence-electron chi connectivity index (χ4n) is 4.29. The Balaban J connectivity index is 1.51. The largest absolute Gasteiger partial charge is 0.391 e. The van der Waals surface area contributed by atoms with E-state index in [0.717, 1.165) is 6.42 Å². The molecule has 0 spiro atoms. The number of aliphatic hydroxyl groups excluding tert-OH is 1. The molecule has 2 atom stereocenters. The van der Waals surface area contributed by atoms with Crippen LogP contribution in [-0.4, -0.2) is 44.7 Å². The van der Waals surface area contributed by atoms with Crippen LogP contribution in [-0.2, 0) is 16.6 Å². The Kier molecular flexibility index (Phi) is 6.00. The van der Waals surface area contributed by atoms with E-state index in [2.05, 4.69) is 30.9 Å². The standard InChI is InChI=1S/C20H33N3O3/c1-20(2,3)19-21-17(26-22-19)10-7-11-18(25)23-13-15(24)12-16(23)14-8-5-4-6-9-14/h14-16,24H,4-13H2,1-3H3. The van der Waals surface area contributed by atoms with E-state index in [9.17, 15) is 9.90 Å². The second-order valence-electron chi connectivity index (χ2n) is 9.02. The predicted octanol–water partition coefficient (Wildman–Crippen LogP) is 3.23. The van der Waals surface area contributed by atoms with E-state index in [1.807, 2.05) is 4.90 Å². The van der Waals surface area contributed by atoms with Gasteiger partial charge in [0.2, 0.25) is 11.8 Å². The van der Waals surface area contributed by atoms with Crippen LogP contribution < -0.4 is 0 Å².